The van der Waals surface area contributed by atoms with E-state index in [1.807, 2.05) is 6.07 Å². The van der Waals surface area contributed by atoms with Crippen molar-refractivity contribution in [3.8, 4) is 6.07 Å². The first-order valence-electron chi connectivity index (χ1n) is 4.87. The Kier molecular flexibility index (Phi) is 2.63. The van der Waals surface area contributed by atoms with Gasteiger partial charge in [0.15, 0.2) is 0 Å². The van der Waals surface area contributed by atoms with E-state index >= 15 is 0 Å². The molecule has 0 fully saturated rings. The largest absolute Gasteiger partial charge is 0.477 e. The lowest BCUT2D eigenvalue weighted by molar-refractivity contribution is 0.0691. The number of aromatic nitrogens is 1. The second kappa shape index (κ2) is 4.10. The first-order chi connectivity index (χ1) is 8.15. The van der Waals surface area contributed by atoms with Crippen molar-refractivity contribution in [2.24, 2.45) is 4.99 Å². The zero-order valence-electron chi connectivity index (χ0n) is 8.90. The Labute approximate surface area is 97.0 Å². The third-order valence-corrected chi connectivity index (χ3v) is 2.44. The van der Waals surface area contributed by atoms with Crippen LogP contribution in [0.2, 0.25) is 0 Å². The number of aromatic amines is 1. The molecule has 0 saturated carbocycles. The van der Waals surface area contributed by atoms with Gasteiger partial charge >= 0.3 is 5.97 Å². The van der Waals surface area contributed by atoms with Crippen LogP contribution in [0.5, 0.6) is 0 Å². The van der Waals surface area contributed by atoms with Gasteiger partial charge in [-0.1, -0.05) is 0 Å². The van der Waals surface area contributed by atoms with Crippen molar-refractivity contribution in [3.63, 3.8) is 0 Å². The molecule has 5 heteroatoms. The van der Waals surface area contributed by atoms with E-state index in [1.165, 1.54) is 6.07 Å². The Morgan fingerprint density at radius 1 is 1.53 bits per heavy atom. The first-order valence-corrected chi connectivity index (χ1v) is 4.87. The molecular formula is C12H9N3O2. The van der Waals surface area contributed by atoms with Crippen molar-refractivity contribution in [2.45, 2.75) is 6.54 Å². The predicted octanol–water partition coefficient (Wildman–Crippen LogP) is 1.94. The minimum Gasteiger partial charge on any atom is -0.477 e. The van der Waals surface area contributed by atoms with Gasteiger partial charge in [0.05, 0.1) is 18.2 Å². The number of benzene rings is 1. The van der Waals surface area contributed by atoms with E-state index < -0.39 is 5.97 Å². The molecule has 0 bridgehead atoms. The number of carbonyl (C=O) groups is 1. The van der Waals surface area contributed by atoms with Gasteiger partial charge in [0, 0.05) is 10.9 Å². The lowest BCUT2D eigenvalue weighted by Crippen LogP contribution is -1.94. The van der Waals surface area contributed by atoms with Gasteiger partial charge in [-0.05, 0) is 30.5 Å². The number of hydrogen-bond donors (Lipinski definition) is 2. The van der Waals surface area contributed by atoms with Gasteiger partial charge in [-0.3, -0.25) is 4.99 Å². The molecule has 0 aliphatic carbocycles. The number of nitrogens with one attached hydrogen (secondary N) is 1. The molecule has 1 aromatic carbocycles. The van der Waals surface area contributed by atoms with Crippen molar-refractivity contribution in [3.05, 3.63) is 35.0 Å². The highest BCUT2D eigenvalue weighted by molar-refractivity contribution is 5.96. The number of aromatic carboxylic acids is 1. The molecule has 0 aliphatic heterocycles. The number of nitrogens with zero attached hydrogens (tertiary/aromatic N) is 2. The van der Waals surface area contributed by atoms with Crippen LogP contribution >= 0.6 is 0 Å². The second-order valence-corrected chi connectivity index (χ2v) is 3.59. The summed E-state index contributed by atoms with van der Waals surface area (Å²) in [5.74, 6) is -1.05. The van der Waals surface area contributed by atoms with E-state index in [1.54, 1.807) is 12.1 Å². The van der Waals surface area contributed by atoms with Gasteiger partial charge in [0.2, 0.25) is 0 Å². The van der Waals surface area contributed by atoms with Crippen LogP contribution in [0.3, 0.4) is 0 Å². The molecule has 5 nitrogen and oxygen atoms in total. The summed E-state index contributed by atoms with van der Waals surface area (Å²) in [6.45, 7) is 3.78. The van der Waals surface area contributed by atoms with Crippen molar-refractivity contribution in [2.75, 3.05) is 0 Å². The molecule has 2 N–H and O–H groups in total. The Morgan fingerprint density at radius 3 is 2.88 bits per heavy atom. The maximum Gasteiger partial charge on any atom is 0.352 e. The maximum absolute atomic E-state index is 10.8. The monoisotopic (exact) mass is 227 g/mol. The average molecular weight is 227 g/mol. The van der Waals surface area contributed by atoms with Crippen LogP contribution in [0.15, 0.2) is 23.2 Å². The quantitative estimate of drug-likeness (QED) is 0.785. The fraction of sp³-hybridized carbons (Fsp3) is 0.0833. The van der Waals surface area contributed by atoms with Crippen LogP contribution in [-0.4, -0.2) is 22.8 Å². The predicted molar refractivity (Wildman–Crippen MR) is 63.2 cm³/mol. The molecule has 0 amide bonds. The van der Waals surface area contributed by atoms with Gasteiger partial charge in [0.25, 0.3) is 0 Å². The molecule has 2 rings (SSSR count). The van der Waals surface area contributed by atoms with Crippen molar-refractivity contribution in [1.82, 2.24) is 4.98 Å². The number of nitriles is 1. The van der Waals surface area contributed by atoms with Crippen LogP contribution in [0.25, 0.3) is 10.9 Å². The highest BCUT2D eigenvalue weighted by Crippen LogP contribution is 2.22. The van der Waals surface area contributed by atoms with E-state index in [4.69, 9.17) is 10.4 Å². The van der Waals surface area contributed by atoms with E-state index in [0.29, 0.717) is 23.0 Å². The topological polar surface area (TPSA) is 89.2 Å². The number of aliphatic imine (C=N–C) groups is 1. The van der Waals surface area contributed by atoms with E-state index in [9.17, 15) is 4.79 Å². The molecule has 17 heavy (non-hydrogen) atoms. The van der Waals surface area contributed by atoms with Gasteiger partial charge in [-0.15, -0.1) is 0 Å². The third-order valence-electron chi connectivity index (χ3n) is 2.44. The van der Waals surface area contributed by atoms with Gasteiger partial charge in [0.1, 0.15) is 5.69 Å². The van der Waals surface area contributed by atoms with Crippen LogP contribution in [-0.2, 0) is 6.54 Å². The fourth-order valence-electron chi connectivity index (χ4n) is 1.73. The number of carboxylic acids is 1. The Morgan fingerprint density at radius 2 is 2.29 bits per heavy atom. The van der Waals surface area contributed by atoms with E-state index in [-0.39, 0.29) is 5.69 Å². The van der Waals surface area contributed by atoms with Crippen LogP contribution in [0, 0.1) is 11.3 Å². The summed E-state index contributed by atoms with van der Waals surface area (Å²) in [7, 11) is 0. The number of hydrogen-bond acceptors (Lipinski definition) is 3. The smallest absolute Gasteiger partial charge is 0.352 e. The summed E-state index contributed by atoms with van der Waals surface area (Å²) in [5.41, 5.74) is 1.95. The van der Waals surface area contributed by atoms with Gasteiger partial charge < -0.3 is 10.1 Å². The summed E-state index contributed by atoms with van der Waals surface area (Å²) >= 11 is 0. The zero-order valence-corrected chi connectivity index (χ0v) is 8.90. The summed E-state index contributed by atoms with van der Waals surface area (Å²) in [5, 5.41) is 18.5. The lowest BCUT2D eigenvalue weighted by atomic mass is 10.1. The summed E-state index contributed by atoms with van der Waals surface area (Å²) in [4.78, 5) is 17.3. The molecule has 2 aromatic rings. The van der Waals surface area contributed by atoms with E-state index in [0.717, 1.165) is 5.56 Å². The van der Waals surface area contributed by atoms with Crippen molar-refractivity contribution in [1.29, 1.82) is 5.26 Å². The third kappa shape index (κ3) is 1.88. The molecular weight excluding hydrogens is 218 g/mol. The highest BCUT2D eigenvalue weighted by Gasteiger charge is 2.11. The van der Waals surface area contributed by atoms with Gasteiger partial charge in [-0.25, -0.2) is 4.79 Å². The molecule has 0 aliphatic rings. The summed E-state index contributed by atoms with van der Waals surface area (Å²) in [6.07, 6.45) is 0. The number of H-pyrrole nitrogens is 1. The molecule has 0 saturated heterocycles. The molecule has 1 heterocycles. The minimum absolute atomic E-state index is 0.0696. The number of carboxylic acid groups (broad SMARTS) is 1. The van der Waals surface area contributed by atoms with Crippen molar-refractivity contribution < 1.29 is 9.90 Å². The Bertz CT molecular complexity index is 650. The molecule has 84 valence electrons. The van der Waals surface area contributed by atoms with Crippen LogP contribution in [0.4, 0.5) is 0 Å². The number of rotatable bonds is 3. The number of fused-ring (bicyclic) bond motifs is 1. The van der Waals surface area contributed by atoms with E-state index in [2.05, 4.69) is 16.7 Å². The maximum atomic E-state index is 10.8. The average Bonchev–Trinajstić information content (AvgIpc) is 2.72. The highest BCUT2D eigenvalue weighted by atomic mass is 16.4. The van der Waals surface area contributed by atoms with Crippen LogP contribution in [0.1, 0.15) is 21.6 Å². The minimum atomic E-state index is -1.05. The standard InChI is InChI=1S/C12H9N3O2/c1-14-6-7-2-8(5-13)9-4-11(12(16)17)15-10(9)3-7/h2-4,15H,1,6H2,(H,16,17). The fourth-order valence-corrected chi connectivity index (χ4v) is 1.73. The van der Waals surface area contributed by atoms with Crippen LogP contribution < -0.4 is 0 Å². The normalized spacial score (nSPS) is 10.1. The zero-order chi connectivity index (χ0) is 12.4. The summed E-state index contributed by atoms with van der Waals surface area (Å²) < 4.78 is 0. The molecule has 0 radical (unpaired) electrons. The van der Waals surface area contributed by atoms with Gasteiger partial charge in [-0.2, -0.15) is 5.26 Å². The summed E-state index contributed by atoms with van der Waals surface area (Å²) in [6, 6.07) is 6.97. The SMILES string of the molecule is C=NCc1cc(C#N)c2cc(C(=O)O)[nH]c2c1. The lowest BCUT2D eigenvalue weighted by Gasteiger charge is -1.99. The molecule has 0 atom stereocenters. The Hall–Kier alpha value is -2.61. The van der Waals surface area contributed by atoms with Crippen molar-refractivity contribution >= 4 is 23.6 Å². The molecule has 0 spiro atoms. The Balaban J connectivity index is 2.70. The molecule has 1 aromatic heterocycles. The first kappa shape index (κ1) is 10.9. The second-order valence-electron chi connectivity index (χ2n) is 3.59. The molecule has 0 unspecified atom stereocenters.